The molecule has 0 saturated heterocycles. The summed E-state index contributed by atoms with van der Waals surface area (Å²) in [6, 6.07) is 6.68. The zero-order chi connectivity index (χ0) is 11.5. The van der Waals surface area contributed by atoms with Crippen LogP contribution < -0.4 is 0 Å². The van der Waals surface area contributed by atoms with Crippen LogP contribution in [0.2, 0.25) is 0 Å². The molecule has 0 aliphatic rings. The van der Waals surface area contributed by atoms with Crippen molar-refractivity contribution in [3.8, 4) is 0 Å². The number of halogens is 3. The summed E-state index contributed by atoms with van der Waals surface area (Å²) < 4.78 is 36.8. The predicted octanol–water partition coefficient (Wildman–Crippen LogP) is 2.91. The summed E-state index contributed by atoms with van der Waals surface area (Å²) in [5.41, 5.74) is 1.50. The lowest BCUT2D eigenvalue weighted by Crippen LogP contribution is -2.26. The van der Waals surface area contributed by atoms with E-state index in [-0.39, 0.29) is 12.7 Å². The summed E-state index contributed by atoms with van der Waals surface area (Å²) in [6.45, 7) is 1.85. The van der Waals surface area contributed by atoms with Gasteiger partial charge in [0.1, 0.15) is 12.2 Å². The first kappa shape index (κ1) is 11.8. The Morgan fingerprint density at radius 2 is 1.80 bits per heavy atom. The second-order valence-corrected chi connectivity index (χ2v) is 3.47. The van der Waals surface area contributed by atoms with Crippen molar-refractivity contribution in [3.05, 3.63) is 35.4 Å². The first-order valence-electron chi connectivity index (χ1n) is 4.51. The zero-order valence-electron chi connectivity index (χ0n) is 8.21. The molecule has 1 atom stereocenters. The van der Waals surface area contributed by atoms with Crippen molar-refractivity contribution >= 4 is 6.29 Å². The molecular weight excluding hydrogens is 205 g/mol. The Hall–Kier alpha value is -1.32. The Morgan fingerprint density at radius 1 is 1.27 bits per heavy atom. The van der Waals surface area contributed by atoms with Crippen molar-refractivity contribution in [1.82, 2.24) is 0 Å². The van der Waals surface area contributed by atoms with Gasteiger partial charge in [0.2, 0.25) is 0 Å². The van der Waals surface area contributed by atoms with Crippen LogP contribution in [0.1, 0.15) is 11.1 Å². The minimum atomic E-state index is -4.45. The van der Waals surface area contributed by atoms with Gasteiger partial charge in [0.25, 0.3) is 0 Å². The minimum Gasteiger partial charge on any atom is -0.303 e. The van der Waals surface area contributed by atoms with Crippen LogP contribution in [0.5, 0.6) is 0 Å². The number of rotatable bonds is 3. The summed E-state index contributed by atoms with van der Waals surface area (Å²) in [7, 11) is 0. The fourth-order valence-electron chi connectivity index (χ4n) is 1.22. The molecular formula is C11H11F3O. The Kier molecular flexibility index (Phi) is 3.50. The van der Waals surface area contributed by atoms with E-state index < -0.39 is 12.1 Å². The van der Waals surface area contributed by atoms with Gasteiger partial charge in [-0.25, -0.2) is 0 Å². The molecule has 0 N–H and O–H groups in total. The van der Waals surface area contributed by atoms with Crippen LogP contribution in [0.25, 0.3) is 0 Å². The average molecular weight is 216 g/mol. The lowest BCUT2D eigenvalue weighted by molar-refractivity contribution is -0.174. The molecule has 0 spiro atoms. The number of alkyl halides is 3. The first-order valence-corrected chi connectivity index (χ1v) is 4.51. The van der Waals surface area contributed by atoms with Gasteiger partial charge in [-0.05, 0) is 18.9 Å². The molecule has 1 aromatic carbocycles. The van der Waals surface area contributed by atoms with Crippen LogP contribution in [-0.2, 0) is 11.2 Å². The highest BCUT2D eigenvalue weighted by molar-refractivity contribution is 5.55. The van der Waals surface area contributed by atoms with Crippen LogP contribution in [0.15, 0.2) is 24.3 Å². The van der Waals surface area contributed by atoms with E-state index in [4.69, 9.17) is 0 Å². The van der Waals surface area contributed by atoms with Crippen molar-refractivity contribution < 1.29 is 18.0 Å². The molecule has 1 nitrogen and oxygen atoms in total. The van der Waals surface area contributed by atoms with Crippen molar-refractivity contribution in [2.24, 2.45) is 5.92 Å². The van der Waals surface area contributed by atoms with Gasteiger partial charge in [-0.15, -0.1) is 0 Å². The predicted molar refractivity (Wildman–Crippen MR) is 50.5 cm³/mol. The maximum atomic E-state index is 12.3. The van der Waals surface area contributed by atoms with E-state index in [1.54, 1.807) is 24.3 Å². The SMILES string of the molecule is Cc1ccc(CC(C=O)C(F)(F)F)cc1. The van der Waals surface area contributed by atoms with Crippen molar-refractivity contribution in [2.45, 2.75) is 19.5 Å². The van der Waals surface area contributed by atoms with E-state index in [1.807, 2.05) is 6.92 Å². The molecule has 0 bridgehead atoms. The van der Waals surface area contributed by atoms with E-state index in [2.05, 4.69) is 0 Å². The van der Waals surface area contributed by atoms with E-state index in [0.29, 0.717) is 5.56 Å². The quantitative estimate of drug-likeness (QED) is 0.710. The van der Waals surface area contributed by atoms with Crippen molar-refractivity contribution in [2.75, 3.05) is 0 Å². The average Bonchev–Trinajstić information content (AvgIpc) is 2.15. The number of hydrogen-bond donors (Lipinski definition) is 0. The number of carbonyl (C=O) groups is 1. The Balaban J connectivity index is 2.76. The number of hydrogen-bond acceptors (Lipinski definition) is 1. The standard InChI is InChI=1S/C11H11F3O/c1-8-2-4-9(5-3-8)6-10(7-15)11(12,13)14/h2-5,7,10H,6H2,1H3. The summed E-state index contributed by atoms with van der Waals surface area (Å²) in [6.07, 6.45) is -4.78. The van der Waals surface area contributed by atoms with Gasteiger partial charge in [0.05, 0.1) is 0 Å². The summed E-state index contributed by atoms with van der Waals surface area (Å²) in [5.74, 6) is -1.90. The maximum Gasteiger partial charge on any atom is 0.398 e. The lowest BCUT2D eigenvalue weighted by atomic mass is 9.99. The Bertz CT molecular complexity index is 327. The third-order valence-electron chi connectivity index (χ3n) is 2.16. The van der Waals surface area contributed by atoms with Crippen molar-refractivity contribution in [1.29, 1.82) is 0 Å². The van der Waals surface area contributed by atoms with Crippen molar-refractivity contribution in [3.63, 3.8) is 0 Å². The Labute approximate surface area is 85.9 Å². The summed E-state index contributed by atoms with van der Waals surface area (Å²) in [4.78, 5) is 10.3. The van der Waals surface area contributed by atoms with E-state index >= 15 is 0 Å². The molecule has 0 radical (unpaired) electrons. The third kappa shape index (κ3) is 3.38. The van der Waals surface area contributed by atoms with E-state index in [1.165, 1.54) is 0 Å². The summed E-state index contributed by atoms with van der Waals surface area (Å²) >= 11 is 0. The number of aryl methyl sites for hydroxylation is 1. The summed E-state index contributed by atoms with van der Waals surface area (Å²) in [5, 5.41) is 0. The second kappa shape index (κ2) is 4.47. The molecule has 0 amide bonds. The molecule has 82 valence electrons. The molecule has 0 heterocycles. The maximum absolute atomic E-state index is 12.3. The van der Waals surface area contributed by atoms with Gasteiger partial charge in [-0.2, -0.15) is 13.2 Å². The highest BCUT2D eigenvalue weighted by Gasteiger charge is 2.39. The molecule has 0 aromatic heterocycles. The smallest absolute Gasteiger partial charge is 0.303 e. The highest BCUT2D eigenvalue weighted by Crippen LogP contribution is 2.27. The molecule has 0 aliphatic heterocycles. The number of aldehydes is 1. The second-order valence-electron chi connectivity index (χ2n) is 3.47. The van der Waals surface area contributed by atoms with Crippen LogP contribution >= 0.6 is 0 Å². The van der Waals surface area contributed by atoms with Gasteiger partial charge >= 0.3 is 6.18 Å². The fourth-order valence-corrected chi connectivity index (χ4v) is 1.22. The molecule has 1 rings (SSSR count). The van der Waals surface area contributed by atoms with Gasteiger partial charge in [-0.1, -0.05) is 29.8 Å². The zero-order valence-corrected chi connectivity index (χ0v) is 8.21. The van der Waals surface area contributed by atoms with Crippen LogP contribution in [0.4, 0.5) is 13.2 Å². The topological polar surface area (TPSA) is 17.1 Å². The normalized spacial score (nSPS) is 13.6. The number of carbonyl (C=O) groups excluding carboxylic acids is 1. The molecule has 1 aromatic rings. The Morgan fingerprint density at radius 3 is 2.20 bits per heavy atom. The molecule has 0 fully saturated rings. The minimum absolute atomic E-state index is 0.0418. The van der Waals surface area contributed by atoms with Crippen LogP contribution in [0, 0.1) is 12.8 Å². The highest BCUT2D eigenvalue weighted by atomic mass is 19.4. The van der Waals surface area contributed by atoms with E-state index in [9.17, 15) is 18.0 Å². The van der Waals surface area contributed by atoms with Gasteiger partial charge in [-0.3, -0.25) is 0 Å². The molecule has 15 heavy (non-hydrogen) atoms. The molecule has 4 heteroatoms. The fraction of sp³-hybridized carbons (Fsp3) is 0.364. The monoisotopic (exact) mass is 216 g/mol. The van der Waals surface area contributed by atoms with Gasteiger partial charge < -0.3 is 4.79 Å². The third-order valence-corrected chi connectivity index (χ3v) is 2.16. The van der Waals surface area contributed by atoms with Gasteiger partial charge in [0, 0.05) is 0 Å². The van der Waals surface area contributed by atoms with Gasteiger partial charge in [0.15, 0.2) is 0 Å². The van der Waals surface area contributed by atoms with E-state index in [0.717, 1.165) is 5.56 Å². The first-order chi connectivity index (χ1) is 6.93. The largest absolute Gasteiger partial charge is 0.398 e. The van der Waals surface area contributed by atoms with Crippen LogP contribution in [0.3, 0.4) is 0 Å². The molecule has 0 aliphatic carbocycles. The molecule has 1 unspecified atom stereocenters. The van der Waals surface area contributed by atoms with Crippen LogP contribution in [-0.4, -0.2) is 12.5 Å². The number of benzene rings is 1. The molecule has 0 saturated carbocycles. The lowest BCUT2D eigenvalue weighted by Gasteiger charge is -2.14.